The Morgan fingerprint density at radius 2 is 1.70 bits per heavy atom. The van der Waals surface area contributed by atoms with Gasteiger partial charge in [0.15, 0.2) is 6.79 Å². The van der Waals surface area contributed by atoms with E-state index in [0.717, 1.165) is 29.1 Å². The van der Waals surface area contributed by atoms with Crippen LogP contribution in [0.25, 0.3) is 0 Å². The molecular weight excluding hydrogens is 425 g/mol. The Hall–Kier alpha value is -2.48. The van der Waals surface area contributed by atoms with Crippen molar-refractivity contribution in [2.24, 2.45) is 4.99 Å². The lowest BCUT2D eigenvalue weighted by Gasteiger charge is -2.33. The Morgan fingerprint density at radius 3 is 2.36 bits per heavy atom. The van der Waals surface area contributed by atoms with E-state index in [1.54, 1.807) is 7.11 Å². The summed E-state index contributed by atoms with van der Waals surface area (Å²) in [4.78, 5) is 4.93. The summed E-state index contributed by atoms with van der Waals surface area (Å²) in [5.74, 6) is 0.948. The molecule has 2 atom stereocenters. The Kier molecular flexibility index (Phi) is 8.46. The topological polar surface area (TPSA) is 30.8 Å². The van der Waals surface area contributed by atoms with Gasteiger partial charge < -0.3 is 9.47 Å². The van der Waals surface area contributed by atoms with Crippen LogP contribution in [0.2, 0.25) is 0 Å². The smallest absolute Gasteiger partial charge is 0.188 e. The molecule has 0 bridgehead atoms. The van der Waals surface area contributed by atoms with Crippen molar-refractivity contribution in [3.05, 3.63) is 88.5 Å². The fraction of sp³-hybridized carbons (Fsp3) is 0.345. The van der Waals surface area contributed by atoms with Crippen LogP contribution in [-0.2, 0) is 9.89 Å². The van der Waals surface area contributed by atoms with E-state index < -0.39 is 0 Å². The van der Waals surface area contributed by atoms with Crippen LogP contribution in [0.4, 0.5) is 5.69 Å². The summed E-state index contributed by atoms with van der Waals surface area (Å²) in [7, 11) is 2.23. The molecule has 0 aliphatic heterocycles. The zero-order valence-electron chi connectivity index (χ0n) is 21.0. The highest BCUT2D eigenvalue weighted by atomic mass is 31.1. The van der Waals surface area contributed by atoms with Crippen molar-refractivity contribution in [3.63, 3.8) is 0 Å². The quantitative estimate of drug-likeness (QED) is 0.189. The minimum atomic E-state index is -0.0756. The van der Waals surface area contributed by atoms with Crippen molar-refractivity contribution < 1.29 is 9.47 Å². The lowest BCUT2D eigenvalue weighted by molar-refractivity contribution is 0.0495. The van der Waals surface area contributed by atoms with Gasteiger partial charge in [-0.15, -0.1) is 0 Å². The van der Waals surface area contributed by atoms with E-state index in [-0.39, 0.29) is 11.9 Å². The Labute approximate surface area is 201 Å². The molecule has 0 spiro atoms. The molecule has 0 aliphatic carbocycles. The van der Waals surface area contributed by atoms with Crippen molar-refractivity contribution in [3.8, 4) is 5.75 Å². The molecule has 0 saturated heterocycles. The van der Waals surface area contributed by atoms with Crippen LogP contribution in [0.15, 0.2) is 65.7 Å². The zero-order chi connectivity index (χ0) is 24.0. The predicted molar refractivity (Wildman–Crippen MR) is 144 cm³/mol. The lowest BCUT2D eigenvalue weighted by Crippen LogP contribution is -2.24. The standard InChI is InChI=1S/C29H36NO2P/c1-8-29(6,26-18-20(2)17-22(4)27(26)32-19-31-7)33-28-21(3)13-12-16-25(28)23(5)30-24-14-10-9-11-15-24/h9-18,33H,8,19H2,1-7H3. The first-order valence-electron chi connectivity index (χ1n) is 11.5. The molecule has 4 heteroatoms. The number of methoxy groups -OCH3 is 1. The van der Waals surface area contributed by atoms with Gasteiger partial charge in [0.25, 0.3) is 0 Å². The fourth-order valence-electron chi connectivity index (χ4n) is 4.19. The number of hydrogen-bond donors (Lipinski definition) is 0. The van der Waals surface area contributed by atoms with E-state index in [4.69, 9.17) is 14.5 Å². The number of para-hydroxylation sites is 1. The third-order valence-electron chi connectivity index (χ3n) is 6.16. The molecule has 0 saturated carbocycles. The normalized spacial score (nSPS) is 14.0. The second-order valence-corrected chi connectivity index (χ2v) is 10.7. The maximum atomic E-state index is 6.10. The molecule has 0 heterocycles. The van der Waals surface area contributed by atoms with Crippen LogP contribution in [0.5, 0.6) is 5.75 Å². The molecule has 174 valence electrons. The molecule has 3 aromatic carbocycles. The molecule has 2 unspecified atom stereocenters. The average Bonchev–Trinajstić information content (AvgIpc) is 2.80. The number of hydrogen-bond acceptors (Lipinski definition) is 3. The molecule has 33 heavy (non-hydrogen) atoms. The van der Waals surface area contributed by atoms with E-state index in [2.05, 4.69) is 71.9 Å². The summed E-state index contributed by atoms with van der Waals surface area (Å²) >= 11 is 0. The van der Waals surface area contributed by atoms with Crippen molar-refractivity contribution in [1.29, 1.82) is 0 Å². The Bertz CT molecular complexity index is 1120. The van der Waals surface area contributed by atoms with Gasteiger partial charge in [0.05, 0.1) is 5.69 Å². The highest BCUT2D eigenvalue weighted by molar-refractivity contribution is 7.49. The number of benzene rings is 3. The second kappa shape index (κ2) is 11.1. The van der Waals surface area contributed by atoms with Crippen molar-refractivity contribution in [2.45, 2.75) is 53.1 Å². The first kappa shape index (κ1) is 25.1. The molecule has 0 radical (unpaired) electrons. The maximum Gasteiger partial charge on any atom is 0.188 e. The van der Waals surface area contributed by atoms with Crippen LogP contribution in [0.1, 0.15) is 55.0 Å². The minimum Gasteiger partial charge on any atom is -0.467 e. The highest BCUT2D eigenvalue weighted by Gasteiger charge is 2.31. The number of aliphatic imine (C=N–C) groups is 1. The molecule has 3 nitrogen and oxygen atoms in total. The first-order valence-corrected chi connectivity index (χ1v) is 12.5. The molecule has 0 aliphatic rings. The van der Waals surface area contributed by atoms with Crippen molar-refractivity contribution in [1.82, 2.24) is 0 Å². The number of nitrogens with zero attached hydrogens (tertiary/aromatic N) is 1. The summed E-state index contributed by atoms with van der Waals surface area (Å²) in [5, 5.41) is 1.30. The summed E-state index contributed by atoms with van der Waals surface area (Å²) in [6.45, 7) is 13.5. The fourth-order valence-corrected chi connectivity index (χ4v) is 5.92. The number of ether oxygens (including phenoxy) is 2. The molecule has 3 rings (SSSR count). The van der Waals surface area contributed by atoms with Gasteiger partial charge in [-0.3, -0.25) is 4.99 Å². The molecule has 0 amide bonds. The van der Waals surface area contributed by atoms with Crippen LogP contribution < -0.4 is 10.0 Å². The number of rotatable bonds is 9. The third kappa shape index (κ3) is 5.91. The maximum absolute atomic E-state index is 6.10. The van der Waals surface area contributed by atoms with Gasteiger partial charge >= 0.3 is 0 Å². The highest BCUT2D eigenvalue weighted by Crippen LogP contribution is 2.49. The van der Waals surface area contributed by atoms with Crippen molar-refractivity contribution in [2.75, 3.05) is 13.9 Å². The first-order chi connectivity index (χ1) is 15.8. The van der Waals surface area contributed by atoms with Gasteiger partial charge in [0.1, 0.15) is 5.75 Å². The van der Waals surface area contributed by atoms with Gasteiger partial charge in [-0.1, -0.05) is 76.5 Å². The molecule has 0 aromatic heterocycles. The Balaban J connectivity index is 2.10. The third-order valence-corrected chi connectivity index (χ3v) is 8.25. The summed E-state index contributed by atoms with van der Waals surface area (Å²) in [6.07, 6.45) is 1.00. The summed E-state index contributed by atoms with van der Waals surface area (Å²) < 4.78 is 11.3. The molecule has 0 fully saturated rings. The van der Waals surface area contributed by atoms with Crippen LogP contribution in [0.3, 0.4) is 0 Å². The second-order valence-electron chi connectivity index (χ2n) is 8.85. The van der Waals surface area contributed by atoms with Gasteiger partial charge in [-0.25, -0.2) is 0 Å². The van der Waals surface area contributed by atoms with Gasteiger partial charge in [0.2, 0.25) is 0 Å². The molecule has 3 aromatic rings. The summed E-state index contributed by atoms with van der Waals surface area (Å²) in [6, 6.07) is 21.2. The monoisotopic (exact) mass is 461 g/mol. The lowest BCUT2D eigenvalue weighted by atomic mass is 9.92. The Morgan fingerprint density at radius 1 is 0.970 bits per heavy atom. The minimum absolute atomic E-state index is 0.0756. The van der Waals surface area contributed by atoms with Crippen LogP contribution in [0, 0.1) is 20.8 Å². The van der Waals surface area contributed by atoms with Gasteiger partial charge in [0, 0.05) is 29.1 Å². The SMILES string of the molecule is CCC(C)(Pc1c(C)cccc1C(C)=Nc1ccccc1)c1cc(C)cc(C)c1OCOC. The molecule has 0 N–H and O–H groups in total. The van der Waals surface area contributed by atoms with E-state index >= 15 is 0 Å². The van der Waals surface area contributed by atoms with Gasteiger partial charge in [-0.2, -0.15) is 0 Å². The number of aryl methyl sites for hydroxylation is 3. The van der Waals surface area contributed by atoms with Crippen molar-refractivity contribution >= 4 is 25.3 Å². The summed E-state index contributed by atoms with van der Waals surface area (Å²) in [5.41, 5.74) is 8.21. The van der Waals surface area contributed by atoms with E-state index in [9.17, 15) is 0 Å². The van der Waals surface area contributed by atoms with Crippen LogP contribution in [-0.4, -0.2) is 19.6 Å². The molecular formula is C29H36NO2P. The van der Waals surface area contributed by atoms with Gasteiger partial charge in [-0.05, 0) is 62.7 Å². The zero-order valence-corrected chi connectivity index (χ0v) is 22.0. The van der Waals surface area contributed by atoms with Crippen LogP contribution >= 0.6 is 8.58 Å². The van der Waals surface area contributed by atoms with E-state index in [1.165, 1.54) is 27.6 Å². The van der Waals surface area contributed by atoms with E-state index in [1.807, 2.05) is 30.3 Å². The average molecular weight is 462 g/mol. The predicted octanol–water partition coefficient (Wildman–Crippen LogP) is 7.36. The largest absolute Gasteiger partial charge is 0.467 e. The van der Waals surface area contributed by atoms with E-state index in [0.29, 0.717) is 8.58 Å².